The zero-order chi connectivity index (χ0) is 29.3. The highest BCUT2D eigenvalue weighted by Crippen LogP contribution is 2.38. The Balaban J connectivity index is 1.38. The van der Waals surface area contributed by atoms with E-state index in [1.807, 2.05) is 58.9 Å². The van der Waals surface area contributed by atoms with Crippen LogP contribution in [0.2, 0.25) is 0 Å². The molecular formula is C34H46N4O3. The van der Waals surface area contributed by atoms with Crippen molar-refractivity contribution in [1.29, 1.82) is 0 Å². The van der Waals surface area contributed by atoms with Crippen molar-refractivity contribution in [3.63, 3.8) is 0 Å². The van der Waals surface area contributed by atoms with Crippen molar-refractivity contribution < 1.29 is 14.7 Å². The molecule has 2 aliphatic heterocycles. The molecule has 0 aromatic heterocycles. The molecule has 0 bridgehead atoms. The van der Waals surface area contributed by atoms with Gasteiger partial charge < -0.3 is 15.3 Å². The average Bonchev–Trinajstić information content (AvgIpc) is 3.53. The molecule has 2 amide bonds. The average molecular weight is 559 g/mol. The van der Waals surface area contributed by atoms with Crippen molar-refractivity contribution in [3.05, 3.63) is 64.7 Å². The molecule has 1 atom stereocenters. The minimum atomic E-state index is -0.663. The van der Waals surface area contributed by atoms with Gasteiger partial charge in [-0.3, -0.25) is 14.5 Å². The second-order valence-corrected chi connectivity index (χ2v) is 13.3. The molecule has 2 N–H and O–H groups in total. The van der Waals surface area contributed by atoms with E-state index < -0.39 is 5.60 Å². The van der Waals surface area contributed by atoms with E-state index in [0.29, 0.717) is 12.0 Å². The number of amidine groups is 1. The number of hydrogen-bond acceptors (Lipinski definition) is 4. The Morgan fingerprint density at radius 2 is 1.76 bits per heavy atom. The minimum Gasteiger partial charge on any atom is -0.390 e. The van der Waals surface area contributed by atoms with E-state index in [2.05, 4.69) is 33.3 Å². The van der Waals surface area contributed by atoms with Crippen molar-refractivity contribution in [2.24, 2.45) is 16.8 Å². The number of amides is 2. The summed E-state index contributed by atoms with van der Waals surface area (Å²) < 4.78 is 0. The lowest BCUT2D eigenvalue weighted by Gasteiger charge is -2.36. The Bertz CT molecular complexity index is 1290. The molecule has 1 saturated heterocycles. The summed E-state index contributed by atoms with van der Waals surface area (Å²) in [5, 5.41) is 13.6. The van der Waals surface area contributed by atoms with Gasteiger partial charge in [-0.25, -0.2) is 0 Å². The summed E-state index contributed by atoms with van der Waals surface area (Å²) in [6.45, 7) is 12.6. The topological polar surface area (TPSA) is 85.2 Å². The third-order valence-corrected chi connectivity index (χ3v) is 9.11. The van der Waals surface area contributed by atoms with Crippen LogP contribution in [0.4, 0.5) is 5.69 Å². The zero-order valence-electron chi connectivity index (χ0n) is 25.3. The van der Waals surface area contributed by atoms with Gasteiger partial charge in [-0.15, -0.1) is 0 Å². The van der Waals surface area contributed by atoms with Crippen LogP contribution in [0.25, 0.3) is 0 Å². The number of hydrogen-bond donors (Lipinski definition) is 2. The molecular weight excluding hydrogens is 512 g/mol. The second-order valence-electron chi connectivity index (χ2n) is 13.3. The van der Waals surface area contributed by atoms with Crippen LogP contribution in [-0.4, -0.2) is 58.4 Å². The van der Waals surface area contributed by atoms with E-state index in [-0.39, 0.29) is 35.7 Å². The third-order valence-electron chi connectivity index (χ3n) is 9.11. The minimum absolute atomic E-state index is 0.0375. The Labute approximate surface area is 245 Å². The molecule has 41 heavy (non-hydrogen) atoms. The first-order valence-electron chi connectivity index (χ1n) is 15.3. The van der Waals surface area contributed by atoms with Gasteiger partial charge in [0.25, 0.3) is 5.91 Å². The Morgan fingerprint density at radius 3 is 2.39 bits per heavy atom. The number of aliphatic hydroxyl groups is 1. The van der Waals surface area contributed by atoms with Crippen molar-refractivity contribution >= 4 is 23.3 Å². The molecule has 2 fully saturated rings. The summed E-state index contributed by atoms with van der Waals surface area (Å²) >= 11 is 0. The number of benzene rings is 2. The lowest BCUT2D eigenvalue weighted by Crippen LogP contribution is -2.44. The smallest absolute Gasteiger partial charge is 0.278 e. The number of carbonyl (C=O) groups excluding carboxylic acids is 2. The molecule has 1 unspecified atom stereocenters. The number of fused-ring (bicyclic) bond motifs is 1. The maximum atomic E-state index is 13.3. The van der Waals surface area contributed by atoms with Crippen LogP contribution >= 0.6 is 0 Å². The Hall–Kier alpha value is -3.03. The monoisotopic (exact) mass is 558 g/mol. The lowest BCUT2D eigenvalue weighted by molar-refractivity contribution is -0.126. The molecule has 3 aliphatic rings. The van der Waals surface area contributed by atoms with Gasteiger partial charge in [0.05, 0.1) is 5.60 Å². The van der Waals surface area contributed by atoms with Gasteiger partial charge in [0, 0.05) is 54.7 Å². The number of nitrogens with zero attached hydrogens (tertiary/aromatic N) is 3. The molecule has 2 aromatic carbocycles. The number of nitrogens with one attached hydrogen (secondary N) is 1. The van der Waals surface area contributed by atoms with E-state index in [0.717, 1.165) is 68.8 Å². The summed E-state index contributed by atoms with van der Waals surface area (Å²) in [5.41, 5.74) is 4.63. The largest absolute Gasteiger partial charge is 0.390 e. The molecule has 7 heteroatoms. The first kappa shape index (κ1) is 29.5. The van der Waals surface area contributed by atoms with E-state index >= 15 is 0 Å². The summed E-state index contributed by atoms with van der Waals surface area (Å²) in [5.74, 6) is 1.07. The van der Waals surface area contributed by atoms with E-state index in [9.17, 15) is 14.7 Å². The number of likely N-dealkylation sites (tertiary alicyclic amines) is 1. The van der Waals surface area contributed by atoms with Crippen molar-refractivity contribution in [2.45, 2.75) is 97.4 Å². The maximum absolute atomic E-state index is 13.3. The normalized spacial score (nSPS) is 24.2. The molecule has 2 aromatic rings. The molecule has 7 nitrogen and oxygen atoms in total. The van der Waals surface area contributed by atoms with Gasteiger partial charge in [0.2, 0.25) is 5.91 Å². The molecule has 1 saturated carbocycles. The molecule has 1 aliphatic carbocycles. The first-order chi connectivity index (χ1) is 19.5. The van der Waals surface area contributed by atoms with Crippen LogP contribution < -0.4 is 10.2 Å². The van der Waals surface area contributed by atoms with Crippen LogP contribution in [0.5, 0.6) is 0 Å². The number of aliphatic imine (C=N–C) groups is 1. The van der Waals surface area contributed by atoms with Gasteiger partial charge in [-0.05, 0) is 103 Å². The van der Waals surface area contributed by atoms with Crippen molar-refractivity contribution in [1.82, 2.24) is 10.2 Å². The number of rotatable bonds is 7. The van der Waals surface area contributed by atoms with Crippen molar-refractivity contribution in [2.75, 3.05) is 18.0 Å². The van der Waals surface area contributed by atoms with Gasteiger partial charge in [0.15, 0.2) is 0 Å². The third kappa shape index (κ3) is 6.90. The highest BCUT2D eigenvalue weighted by Gasteiger charge is 2.37. The highest BCUT2D eigenvalue weighted by molar-refractivity contribution is 6.12. The first-order valence-corrected chi connectivity index (χ1v) is 15.3. The zero-order valence-corrected chi connectivity index (χ0v) is 25.3. The predicted octanol–water partition coefficient (Wildman–Crippen LogP) is 5.27. The lowest BCUT2D eigenvalue weighted by atomic mass is 9.84. The fourth-order valence-electron chi connectivity index (χ4n) is 6.66. The van der Waals surface area contributed by atoms with Gasteiger partial charge in [-0.1, -0.05) is 29.8 Å². The van der Waals surface area contributed by atoms with Crippen LogP contribution in [0.3, 0.4) is 0 Å². The molecule has 5 rings (SSSR count). The fourth-order valence-corrected chi connectivity index (χ4v) is 6.66. The molecule has 220 valence electrons. The van der Waals surface area contributed by atoms with Gasteiger partial charge in [0.1, 0.15) is 5.84 Å². The second kappa shape index (κ2) is 12.1. The van der Waals surface area contributed by atoms with Gasteiger partial charge in [-0.2, -0.15) is 4.99 Å². The number of carbonyl (C=O) groups is 2. The van der Waals surface area contributed by atoms with Crippen LogP contribution in [-0.2, 0) is 17.8 Å². The van der Waals surface area contributed by atoms with Gasteiger partial charge >= 0.3 is 0 Å². The summed E-state index contributed by atoms with van der Waals surface area (Å²) in [4.78, 5) is 35.4. The summed E-state index contributed by atoms with van der Waals surface area (Å²) in [6.07, 6.45) is 5.08. The maximum Gasteiger partial charge on any atom is 0.278 e. The van der Waals surface area contributed by atoms with E-state index in [1.54, 1.807) is 0 Å². The molecule has 0 spiro atoms. The molecule has 2 heterocycles. The predicted molar refractivity (Wildman–Crippen MR) is 164 cm³/mol. The summed E-state index contributed by atoms with van der Waals surface area (Å²) in [6, 6.07) is 14.6. The quantitative estimate of drug-likeness (QED) is 0.484. The standard InChI is InChI=1S/C34H46N4O3/c1-22(2)35-32(39)26-12-14-29(15-13-26)38-30-18-24(20-37-17-16-28(21-37)34(4,5)41)8-11-27(30)19-31(38)36-33(40)25-9-6-23(3)7-10-25/h6-11,18,22,26,28-29,41H,12-17,19-21H2,1-5H3,(H,35,39). The SMILES string of the molecule is Cc1ccc(C(=O)N=C2Cc3ccc(CN4CCC(C(C)(C)O)C4)cc3N2C2CCC(C(=O)NC(C)C)CC2)cc1. The number of anilines is 1. The number of aryl methyl sites for hydroxylation is 1. The fraction of sp³-hybridized carbons (Fsp3) is 0.559. The van der Waals surface area contributed by atoms with E-state index in [4.69, 9.17) is 4.99 Å². The van der Waals surface area contributed by atoms with Crippen LogP contribution in [0.15, 0.2) is 47.5 Å². The van der Waals surface area contributed by atoms with Crippen LogP contribution in [0.1, 0.15) is 86.8 Å². The Morgan fingerprint density at radius 1 is 1.05 bits per heavy atom. The summed E-state index contributed by atoms with van der Waals surface area (Å²) in [7, 11) is 0. The molecule has 0 radical (unpaired) electrons. The Kier molecular flexibility index (Phi) is 8.67. The van der Waals surface area contributed by atoms with E-state index in [1.165, 1.54) is 11.1 Å². The highest BCUT2D eigenvalue weighted by atomic mass is 16.3. The van der Waals surface area contributed by atoms with Crippen molar-refractivity contribution in [3.8, 4) is 0 Å². The van der Waals surface area contributed by atoms with Crippen LogP contribution in [0, 0.1) is 18.8 Å².